The van der Waals surface area contributed by atoms with Gasteiger partial charge in [-0.2, -0.15) is 0 Å². The van der Waals surface area contributed by atoms with Crippen molar-refractivity contribution in [3.05, 3.63) is 113 Å². The van der Waals surface area contributed by atoms with Gasteiger partial charge in [-0.05, 0) is 24.3 Å². The second-order valence-corrected chi connectivity index (χ2v) is 6.14. The molecule has 0 aliphatic carbocycles. The highest BCUT2D eigenvalue weighted by molar-refractivity contribution is 5.75. The maximum Gasteiger partial charge on any atom is 0.258 e. The fraction of sp³-hybridized carbons (Fsp3) is 0. The van der Waals surface area contributed by atoms with E-state index in [1.165, 1.54) is 16.7 Å². The van der Waals surface area contributed by atoms with Gasteiger partial charge in [0.05, 0.1) is 11.4 Å². The fourth-order valence-electron chi connectivity index (χ4n) is 2.92. The molecule has 0 saturated carbocycles. The van der Waals surface area contributed by atoms with Gasteiger partial charge in [0.25, 0.3) is 5.56 Å². The first kappa shape index (κ1) is 17.4. The van der Waals surface area contributed by atoms with Gasteiger partial charge >= 0.3 is 0 Å². The van der Waals surface area contributed by atoms with Crippen molar-refractivity contribution in [1.29, 1.82) is 0 Å². The molecule has 136 valence electrons. The average molecular weight is 367 g/mol. The summed E-state index contributed by atoms with van der Waals surface area (Å²) in [6, 6.07) is 23.6. The van der Waals surface area contributed by atoms with E-state index in [0.29, 0.717) is 22.8 Å². The predicted octanol–water partition coefficient (Wildman–Crippen LogP) is 4.35. The highest BCUT2D eigenvalue weighted by Crippen LogP contribution is 2.20. The molecule has 0 spiro atoms. The first-order valence-electron chi connectivity index (χ1n) is 8.78. The Hall–Kier alpha value is -3.99. The van der Waals surface area contributed by atoms with E-state index in [1.54, 1.807) is 24.5 Å². The number of aliphatic hydroxyl groups excluding tert-OH is 1. The van der Waals surface area contributed by atoms with Crippen LogP contribution in [-0.2, 0) is 0 Å². The Kier molecular flexibility index (Phi) is 4.80. The SMILES string of the molecule is O=c1cc(-c2ccccc2)nc(/C=C(\O)c2ccncc2)n1-c1ccccc1. The molecule has 0 aliphatic rings. The summed E-state index contributed by atoms with van der Waals surface area (Å²) < 4.78 is 1.48. The molecule has 2 aromatic heterocycles. The molecular weight excluding hydrogens is 350 g/mol. The highest BCUT2D eigenvalue weighted by Gasteiger charge is 2.12. The largest absolute Gasteiger partial charge is 0.507 e. The number of aliphatic hydroxyl groups is 1. The van der Waals surface area contributed by atoms with Gasteiger partial charge in [0.15, 0.2) is 0 Å². The number of hydrogen-bond donors (Lipinski definition) is 1. The number of rotatable bonds is 4. The minimum atomic E-state index is -0.228. The molecule has 4 rings (SSSR count). The number of aromatic nitrogens is 3. The molecule has 5 heteroatoms. The fourth-order valence-corrected chi connectivity index (χ4v) is 2.92. The molecule has 0 saturated heterocycles. The molecule has 28 heavy (non-hydrogen) atoms. The molecule has 1 N–H and O–H groups in total. The molecule has 4 aromatic rings. The lowest BCUT2D eigenvalue weighted by atomic mass is 10.1. The van der Waals surface area contributed by atoms with Crippen LogP contribution < -0.4 is 5.56 Å². The third-order valence-electron chi connectivity index (χ3n) is 4.27. The summed E-state index contributed by atoms with van der Waals surface area (Å²) in [5, 5.41) is 10.6. The normalized spacial score (nSPS) is 11.4. The second-order valence-electron chi connectivity index (χ2n) is 6.14. The van der Waals surface area contributed by atoms with E-state index < -0.39 is 0 Å². The lowest BCUT2D eigenvalue weighted by molar-refractivity contribution is 0.515. The van der Waals surface area contributed by atoms with Crippen LogP contribution in [-0.4, -0.2) is 19.6 Å². The minimum absolute atomic E-state index is 0.00388. The molecule has 0 atom stereocenters. The van der Waals surface area contributed by atoms with Crippen LogP contribution in [0, 0.1) is 0 Å². The van der Waals surface area contributed by atoms with Gasteiger partial charge in [-0.1, -0.05) is 48.5 Å². The van der Waals surface area contributed by atoms with Crippen LogP contribution in [0.15, 0.2) is 96.1 Å². The summed E-state index contributed by atoms with van der Waals surface area (Å²) in [7, 11) is 0. The summed E-state index contributed by atoms with van der Waals surface area (Å²) >= 11 is 0. The van der Waals surface area contributed by atoms with Crippen LogP contribution in [0.25, 0.3) is 28.8 Å². The molecule has 0 aliphatic heterocycles. The smallest absolute Gasteiger partial charge is 0.258 e. The Balaban J connectivity index is 1.93. The van der Waals surface area contributed by atoms with Crippen molar-refractivity contribution in [3.8, 4) is 16.9 Å². The van der Waals surface area contributed by atoms with Crippen molar-refractivity contribution in [1.82, 2.24) is 14.5 Å². The maximum atomic E-state index is 13.0. The van der Waals surface area contributed by atoms with E-state index in [2.05, 4.69) is 9.97 Å². The predicted molar refractivity (Wildman–Crippen MR) is 110 cm³/mol. The Morgan fingerprint density at radius 2 is 1.54 bits per heavy atom. The summed E-state index contributed by atoms with van der Waals surface area (Å²) in [4.78, 5) is 21.6. The van der Waals surface area contributed by atoms with Crippen LogP contribution in [0.2, 0.25) is 0 Å². The summed E-state index contributed by atoms with van der Waals surface area (Å²) in [6.45, 7) is 0. The number of pyridine rings is 1. The van der Waals surface area contributed by atoms with E-state index in [0.717, 1.165) is 5.56 Å². The summed E-state index contributed by atoms with van der Waals surface area (Å²) in [6.07, 6.45) is 4.69. The van der Waals surface area contributed by atoms with Crippen molar-refractivity contribution >= 4 is 11.8 Å². The lowest BCUT2D eigenvalue weighted by Crippen LogP contribution is -2.21. The average Bonchev–Trinajstić information content (AvgIpc) is 2.75. The van der Waals surface area contributed by atoms with Crippen LogP contribution in [0.5, 0.6) is 0 Å². The van der Waals surface area contributed by atoms with Crippen molar-refractivity contribution in [2.24, 2.45) is 0 Å². The number of para-hydroxylation sites is 1. The molecule has 0 amide bonds. The zero-order valence-electron chi connectivity index (χ0n) is 14.9. The van der Waals surface area contributed by atoms with Crippen LogP contribution >= 0.6 is 0 Å². The van der Waals surface area contributed by atoms with E-state index in [-0.39, 0.29) is 11.3 Å². The van der Waals surface area contributed by atoms with E-state index in [1.807, 2.05) is 60.7 Å². The van der Waals surface area contributed by atoms with Crippen molar-refractivity contribution in [2.45, 2.75) is 0 Å². The maximum absolute atomic E-state index is 13.0. The molecular formula is C23H17N3O2. The van der Waals surface area contributed by atoms with Crippen LogP contribution in [0.4, 0.5) is 0 Å². The molecule has 0 radical (unpaired) electrons. The van der Waals surface area contributed by atoms with Gasteiger partial charge in [0.2, 0.25) is 0 Å². The van der Waals surface area contributed by atoms with Gasteiger partial charge < -0.3 is 5.11 Å². The topological polar surface area (TPSA) is 68.0 Å². The second kappa shape index (κ2) is 7.72. The van der Waals surface area contributed by atoms with E-state index in [4.69, 9.17) is 0 Å². The molecule has 2 aromatic carbocycles. The van der Waals surface area contributed by atoms with Crippen LogP contribution in [0.3, 0.4) is 0 Å². The Labute approximate surface area is 161 Å². The first-order valence-corrected chi connectivity index (χ1v) is 8.78. The zero-order chi connectivity index (χ0) is 19.3. The Morgan fingerprint density at radius 1 is 0.893 bits per heavy atom. The molecule has 2 heterocycles. The standard InChI is InChI=1S/C23H17N3O2/c27-21(18-11-13-24-14-12-18)16-22-25-20(17-7-3-1-4-8-17)15-23(28)26(22)19-9-5-2-6-10-19/h1-16,27H/b21-16-. The number of benzene rings is 2. The minimum Gasteiger partial charge on any atom is -0.507 e. The third kappa shape index (κ3) is 3.59. The van der Waals surface area contributed by atoms with Crippen molar-refractivity contribution in [2.75, 3.05) is 0 Å². The summed E-state index contributed by atoms with van der Waals surface area (Å²) in [5.74, 6) is 0.344. The number of nitrogens with zero attached hydrogens (tertiary/aromatic N) is 3. The Morgan fingerprint density at radius 3 is 2.21 bits per heavy atom. The third-order valence-corrected chi connectivity index (χ3v) is 4.27. The lowest BCUT2D eigenvalue weighted by Gasteiger charge is -2.12. The van der Waals surface area contributed by atoms with Crippen molar-refractivity contribution < 1.29 is 5.11 Å². The van der Waals surface area contributed by atoms with Gasteiger partial charge in [-0.25, -0.2) is 4.98 Å². The van der Waals surface area contributed by atoms with Gasteiger partial charge in [0, 0.05) is 35.7 Å². The summed E-state index contributed by atoms with van der Waals surface area (Å²) in [5.41, 5.74) is 2.42. The van der Waals surface area contributed by atoms with Crippen molar-refractivity contribution in [3.63, 3.8) is 0 Å². The molecule has 5 nitrogen and oxygen atoms in total. The molecule has 0 unspecified atom stereocenters. The van der Waals surface area contributed by atoms with Gasteiger partial charge in [-0.15, -0.1) is 0 Å². The van der Waals surface area contributed by atoms with Gasteiger partial charge in [-0.3, -0.25) is 14.3 Å². The molecule has 0 fully saturated rings. The quantitative estimate of drug-likeness (QED) is 0.545. The molecule has 0 bridgehead atoms. The highest BCUT2D eigenvalue weighted by atomic mass is 16.3. The first-order chi connectivity index (χ1) is 13.7. The monoisotopic (exact) mass is 367 g/mol. The van der Waals surface area contributed by atoms with E-state index in [9.17, 15) is 9.90 Å². The zero-order valence-corrected chi connectivity index (χ0v) is 14.9. The number of hydrogen-bond acceptors (Lipinski definition) is 4. The Bertz CT molecular complexity index is 1170. The van der Waals surface area contributed by atoms with Gasteiger partial charge in [0.1, 0.15) is 11.6 Å². The van der Waals surface area contributed by atoms with Crippen LogP contribution in [0.1, 0.15) is 11.4 Å². The van der Waals surface area contributed by atoms with E-state index >= 15 is 0 Å².